The monoisotopic (exact) mass is 286 g/mol. The molecule has 0 fully saturated rings. The average Bonchev–Trinajstić information content (AvgIpc) is 2.48. The van der Waals surface area contributed by atoms with Gasteiger partial charge in [0.15, 0.2) is 0 Å². The third-order valence-corrected chi connectivity index (χ3v) is 3.28. The summed E-state index contributed by atoms with van der Waals surface area (Å²) >= 11 is 5.88. The Kier molecular flexibility index (Phi) is 3.16. The molecular formula is C15H11ClN2O2. The molecule has 0 radical (unpaired) electrons. The molecule has 20 heavy (non-hydrogen) atoms. The van der Waals surface area contributed by atoms with E-state index >= 15 is 0 Å². The van der Waals surface area contributed by atoms with Gasteiger partial charge in [-0.15, -0.1) is 0 Å². The summed E-state index contributed by atoms with van der Waals surface area (Å²) in [5.41, 5.74) is 1.52. The molecule has 0 bridgehead atoms. The summed E-state index contributed by atoms with van der Waals surface area (Å²) in [7, 11) is 1.50. The van der Waals surface area contributed by atoms with E-state index in [2.05, 4.69) is 4.98 Å². The standard InChI is InChI=1S/C15H11ClN2O2/c1-20-14-13(10-5-7-11(16)8-6-10)15(19)18-9-3-2-4-12(18)17-14/h2-9H,1H3. The summed E-state index contributed by atoms with van der Waals surface area (Å²) in [6.07, 6.45) is 1.68. The summed E-state index contributed by atoms with van der Waals surface area (Å²) in [5.74, 6) is 0.309. The number of aromatic nitrogens is 2. The third kappa shape index (κ3) is 2.04. The Balaban J connectivity index is 2.36. The van der Waals surface area contributed by atoms with Crippen LogP contribution in [-0.2, 0) is 0 Å². The topological polar surface area (TPSA) is 43.6 Å². The highest BCUT2D eigenvalue weighted by Gasteiger charge is 2.15. The van der Waals surface area contributed by atoms with Gasteiger partial charge in [-0.1, -0.05) is 29.8 Å². The second kappa shape index (κ2) is 4.98. The van der Waals surface area contributed by atoms with Crippen LogP contribution in [0.1, 0.15) is 0 Å². The van der Waals surface area contributed by atoms with E-state index in [4.69, 9.17) is 16.3 Å². The zero-order valence-corrected chi connectivity index (χ0v) is 11.5. The van der Waals surface area contributed by atoms with E-state index in [0.717, 1.165) is 5.56 Å². The Labute approximate surface area is 120 Å². The van der Waals surface area contributed by atoms with E-state index in [1.807, 2.05) is 6.07 Å². The fourth-order valence-electron chi connectivity index (χ4n) is 2.08. The second-order valence-corrected chi connectivity index (χ2v) is 4.67. The number of benzene rings is 1. The van der Waals surface area contributed by atoms with Gasteiger partial charge < -0.3 is 4.74 Å². The largest absolute Gasteiger partial charge is 0.480 e. The second-order valence-electron chi connectivity index (χ2n) is 4.24. The van der Waals surface area contributed by atoms with Gasteiger partial charge in [0.25, 0.3) is 5.56 Å². The van der Waals surface area contributed by atoms with Crippen molar-refractivity contribution in [2.24, 2.45) is 0 Å². The first kappa shape index (κ1) is 12.7. The van der Waals surface area contributed by atoms with Crippen molar-refractivity contribution in [1.29, 1.82) is 0 Å². The zero-order chi connectivity index (χ0) is 14.1. The van der Waals surface area contributed by atoms with Crippen LogP contribution < -0.4 is 10.3 Å². The van der Waals surface area contributed by atoms with Gasteiger partial charge in [0.2, 0.25) is 5.88 Å². The number of hydrogen-bond donors (Lipinski definition) is 0. The average molecular weight is 287 g/mol. The van der Waals surface area contributed by atoms with Crippen molar-refractivity contribution in [2.75, 3.05) is 7.11 Å². The van der Waals surface area contributed by atoms with E-state index < -0.39 is 0 Å². The third-order valence-electron chi connectivity index (χ3n) is 3.03. The van der Waals surface area contributed by atoms with Gasteiger partial charge >= 0.3 is 0 Å². The molecule has 1 aromatic carbocycles. The van der Waals surface area contributed by atoms with Crippen molar-refractivity contribution in [2.45, 2.75) is 0 Å². The number of nitrogens with zero attached hydrogens (tertiary/aromatic N) is 2. The molecule has 0 spiro atoms. The summed E-state index contributed by atoms with van der Waals surface area (Å²) in [5, 5.41) is 0.613. The van der Waals surface area contributed by atoms with Crippen LogP contribution in [0.5, 0.6) is 5.88 Å². The molecule has 0 N–H and O–H groups in total. The fourth-order valence-corrected chi connectivity index (χ4v) is 2.21. The highest BCUT2D eigenvalue weighted by Crippen LogP contribution is 2.26. The molecular weight excluding hydrogens is 276 g/mol. The van der Waals surface area contributed by atoms with Crippen LogP contribution in [0.3, 0.4) is 0 Å². The van der Waals surface area contributed by atoms with Crippen LogP contribution >= 0.6 is 11.6 Å². The number of fused-ring (bicyclic) bond motifs is 1. The molecule has 0 amide bonds. The number of halogens is 1. The van der Waals surface area contributed by atoms with Gasteiger partial charge in [0, 0.05) is 11.2 Å². The Morgan fingerprint density at radius 2 is 1.90 bits per heavy atom. The zero-order valence-electron chi connectivity index (χ0n) is 10.7. The lowest BCUT2D eigenvalue weighted by atomic mass is 10.1. The smallest absolute Gasteiger partial charge is 0.269 e. The van der Waals surface area contributed by atoms with Crippen LogP contribution in [0.2, 0.25) is 5.02 Å². The normalized spacial score (nSPS) is 10.7. The van der Waals surface area contributed by atoms with Gasteiger partial charge in [0.05, 0.1) is 7.11 Å². The lowest BCUT2D eigenvalue weighted by Crippen LogP contribution is -2.18. The molecule has 2 aromatic heterocycles. The maximum Gasteiger partial charge on any atom is 0.269 e. The van der Waals surface area contributed by atoms with Gasteiger partial charge in [0.1, 0.15) is 11.2 Å². The summed E-state index contributed by atoms with van der Waals surface area (Å²) in [6, 6.07) is 12.4. The molecule has 0 aliphatic heterocycles. The van der Waals surface area contributed by atoms with Gasteiger partial charge in [-0.25, -0.2) is 0 Å². The van der Waals surface area contributed by atoms with E-state index in [1.54, 1.807) is 42.6 Å². The Hall–Kier alpha value is -2.33. The first-order valence-electron chi connectivity index (χ1n) is 6.02. The molecule has 0 aliphatic rings. The lowest BCUT2D eigenvalue weighted by molar-refractivity contribution is 0.399. The minimum atomic E-state index is -0.172. The van der Waals surface area contributed by atoms with Gasteiger partial charge in [-0.3, -0.25) is 9.20 Å². The van der Waals surface area contributed by atoms with E-state index in [9.17, 15) is 4.79 Å². The molecule has 5 heteroatoms. The number of pyridine rings is 1. The molecule has 3 aromatic rings. The molecule has 4 nitrogen and oxygen atoms in total. The first-order chi connectivity index (χ1) is 9.70. The van der Waals surface area contributed by atoms with E-state index in [0.29, 0.717) is 22.1 Å². The maximum absolute atomic E-state index is 12.6. The van der Waals surface area contributed by atoms with Crippen molar-refractivity contribution in [3.8, 4) is 17.0 Å². The predicted molar refractivity (Wildman–Crippen MR) is 78.5 cm³/mol. The molecule has 0 saturated heterocycles. The molecule has 0 aliphatic carbocycles. The molecule has 0 atom stereocenters. The van der Waals surface area contributed by atoms with Crippen LogP contribution in [0, 0.1) is 0 Å². The number of methoxy groups -OCH3 is 1. The molecule has 0 saturated carbocycles. The van der Waals surface area contributed by atoms with Crippen LogP contribution in [-0.4, -0.2) is 16.5 Å². The highest BCUT2D eigenvalue weighted by molar-refractivity contribution is 6.30. The van der Waals surface area contributed by atoms with E-state index in [1.165, 1.54) is 11.5 Å². The number of hydrogen-bond acceptors (Lipinski definition) is 3. The number of rotatable bonds is 2. The molecule has 2 heterocycles. The first-order valence-corrected chi connectivity index (χ1v) is 6.40. The minimum absolute atomic E-state index is 0.172. The summed E-state index contributed by atoms with van der Waals surface area (Å²) in [6.45, 7) is 0. The van der Waals surface area contributed by atoms with Crippen molar-refractivity contribution in [3.63, 3.8) is 0 Å². The van der Waals surface area contributed by atoms with E-state index in [-0.39, 0.29) is 5.56 Å². The van der Waals surface area contributed by atoms with Gasteiger partial charge in [-0.2, -0.15) is 4.98 Å². The van der Waals surface area contributed by atoms with Crippen molar-refractivity contribution in [1.82, 2.24) is 9.38 Å². The molecule has 0 unspecified atom stereocenters. The predicted octanol–water partition coefficient (Wildman–Crippen LogP) is 3.02. The Morgan fingerprint density at radius 1 is 1.15 bits per heavy atom. The Bertz CT molecular complexity index is 825. The van der Waals surface area contributed by atoms with Crippen LogP contribution in [0.4, 0.5) is 0 Å². The fraction of sp³-hybridized carbons (Fsp3) is 0.0667. The molecule has 100 valence electrons. The van der Waals surface area contributed by atoms with Crippen LogP contribution in [0.25, 0.3) is 16.8 Å². The summed E-state index contributed by atoms with van der Waals surface area (Å²) < 4.78 is 6.75. The highest BCUT2D eigenvalue weighted by atomic mass is 35.5. The molecule has 3 rings (SSSR count). The number of ether oxygens (including phenoxy) is 1. The Morgan fingerprint density at radius 3 is 2.60 bits per heavy atom. The minimum Gasteiger partial charge on any atom is -0.480 e. The summed E-state index contributed by atoms with van der Waals surface area (Å²) in [4.78, 5) is 17.0. The SMILES string of the molecule is COc1nc2ccccn2c(=O)c1-c1ccc(Cl)cc1. The van der Waals surface area contributed by atoms with Gasteiger partial charge in [-0.05, 0) is 29.8 Å². The lowest BCUT2D eigenvalue weighted by Gasteiger charge is -2.09. The maximum atomic E-state index is 12.6. The van der Waals surface area contributed by atoms with Crippen molar-refractivity contribution in [3.05, 3.63) is 64.0 Å². The van der Waals surface area contributed by atoms with Crippen molar-refractivity contribution >= 4 is 17.2 Å². The van der Waals surface area contributed by atoms with Crippen LogP contribution in [0.15, 0.2) is 53.5 Å². The van der Waals surface area contributed by atoms with Crippen molar-refractivity contribution < 1.29 is 4.74 Å². The quantitative estimate of drug-likeness (QED) is 0.727.